The molecule has 0 saturated heterocycles. The zero-order valence-corrected chi connectivity index (χ0v) is 67.5. The molecule has 121 heavy (non-hydrogen) atoms. The fraction of sp³-hybridized carbons (Fsp3) is 0.937. The maximum absolute atomic E-state index is 13.7. The Morgan fingerprint density at radius 1 is 0.306 bits per heavy atom. The standard InChI is InChI=1S/C18H27F3O3.C17H23F3O4.C17H25F3O3.C17H28O3.C16H25FO3.10CH4/c1-3-16(2,18(19,20)21)15(22)24-11-23-10-17-7-12-4-13(8-17)6-14(5-12)9-17;1-3-16(2,17(18,19)20)15(22)24-8-23-14-11-5-9-4-10(7-11)13(21)12(14)6-9;1-3-16(2,17(18,19)20)15(21)23-9-22-14-12-5-10-4-11(7-12)8-13(14)6-10;1-4-17(2,3)16(18)20-10-19-15-13-6-11-5-12(8-13)9-14(15)7-11;1-3-16(2,17)15(18)20-9-19-14-12-5-10-4-11(7-12)8-13(14)6-10;;;;;;;;;;/h12-14H,3-11H2,1-2H3;9-12,14H,3-8H2,1-2H3;10-14H,3-9H2,1-2H3;11-15H,4-10H2,1-3H3;10-14H,3-9H2,1-2H3;10*1H4. The van der Waals surface area contributed by atoms with Gasteiger partial charge in [-0.15, -0.1) is 0 Å². The van der Waals surface area contributed by atoms with Crippen LogP contribution in [0.4, 0.5) is 43.9 Å². The summed E-state index contributed by atoms with van der Waals surface area (Å²) in [5, 5.41) is 0. The number of esters is 5. The van der Waals surface area contributed by atoms with Crippen LogP contribution in [0.15, 0.2) is 0 Å². The number of alkyl halides is 10. The molecule has 9 unspecified atom stereocenters. The zero-order valence-electron chi connectivity index (χ0n) is 67.5. The molecule has 0 aromatic heterocycles. The number of rotatable bonds is 26. The summed E-state index contributed by atoms with van der Waals surface area (Å²) in [6.45, 7) is 14.6. The van der Waals surface area contributed by atoms with Gasteiger partial charge in [0.05, 0.1) is 36.4 Å². The van der Waals surface area contributed by atoms with Gasteiger partial charge in [0.1, 0.15) is 5.78 Å². The van der Waals surface area contributed by atoms with Crippen LogP contribution in [-0.2, 0) is 76.1 Å². The van der Waals surface area contributed by atoms with Crippen molar-refractivity contribution >= 4 is 35.6 Å². The summed E-state index contributed by atoms with van der Waals surface area (Å²) in [5.41, 5.74) is -9.58. The lowest BCUT2D eigenvalue weighted by Gasteiger charge is -2.56. The van der Waals surface area contributed by atoms with Crippen LogP contribution in [0, 0.1) is 140 Å². The minimum absolute atomic E-state index is 0. The van der Waals surface area contributed by atoms with Crippen molar-refractivity contribution in [3.63, 3.8) is 0 Å². The van der Waals surface area contributed by atoms with Gasteiger partial charge in [0.15, 0.2) is 50.2 Å². The summed E-state index contributed by atoms with van der Waals surface area (Å²) in [5.74, 6) is 7.60. The summed E-state index contributed by atoms with van der Waals surface area (Å²) in [4.78, 5) is 71.4. The number of Topliss-reactive ketones (excluding diaryl/α,β-unsaturated/α-hetero) is 1. The first-order valence-electron chi connectivity index (χ1n) is 42.4. The first kappa shape index (κ1) is 115. The van der Waals surface area contributed by atoms with Gasteiger partial charge in [0.25, 0.3) is 0 Å². The molecule has 0 aromatic rings. The fourth-order valence-corrected chi connectivity index (χ4v) is 24.3. The highest BCUT2D eigenvalue weighted by atomic mass is 19.4. The Morgan fingerprint density at radius 2 is 0.562 bits per heavy atom. The zero-order chi connectivity index (χ0) is 80.8. The smallest absolute Gasteiger partial charge is 0.404 e. The van der Waals surface area contributed by atoms with Crippen LogP contribution in [0.2, 0.25) is 0 Å². The molecule has 0 aromatic carbocycles. The number of ether oxygens (including phenoxy) is 10. The van der Waals surface area contributed by atoms with Crippen LogP contribution in [0.3, 0.4) is 0 Å². The second-order valence-electron chi connectivity index (χ2n) is 38.9. The predicted molar refractivity (Wildman–Crippen MR) is 454 cm³/mol. The van der Waals surface area contributed by atoms with Crippen LogP contribution in [0.25, 0.3) is 0 Å². The maximum Gasteiger partial charge on any atom is 0.404 e. The van der Waals surface area contributed by atoms with E-state index in [1.165, 1.54) is 118 Å². The number of ketones is 1. The Kier molecular flexibility index (Phi) is 43.7. The highest BCUT2D eigenvalue weighted by molar-refractivity contribution is 5.86. The second kappa shape index (κ2) is 45.9. The number of carbonyl (C=O) groups is 6. The normalized spacial score (nSPS) is 35.4. The number of carbonyl (C=O) groups excluding carboxylic acids is 6. The molecule has 20 fully saturated rings. The van der Waals surface area contributed by atoms with Gasteiger partial charge >= 0.3 is 48.4 Å². The van der Waals surface area contributed by atoms with Gasteiger partial charge in [-0.2, -0.15) is 39.5 Å². The van der Waals surface area contributed by atoms with E-state index in [1.807, 2.05) is 20.8 Å². The summed E-state index contributed by atoms with van der Waals surface area (Å²) in [7, 11) is 0. The SMILES string of the molecule is C.C.C.C.C.C.C.C.C.C.CCC(C)(C(=O)OCOC1C2CC3CC(C2)C(=O)C1C3)C(F)(F)F.CCC(C)(C(=O)OCOC1C2CC3CC(C2)CC1C3)C(F)(F)F.CCC(C)(C(=O)OCOCC12CC3CC(CC(C3)C1)C2)C(F)(F)F.CCC(C)(C)C(=O)OCOC1C2CC3CC(C2)CC1C3.CCC(C)(F)C(=O)OCOC1C2CC3CC(C2)CC1C3. The van der Waals surface area contributed by atoms with Crippen molar-refractivity contribution < 1.29 is 120 Å². The van der Waals surface area contributed by atoms with E-state index in [0.717, 1.165) is 163 Å². The van der Waals surface area contributed by atoms with Crippen molar-refractivity contribution in [3.05, 3.63) is 0 Å². The molecule has 20 aliphatic rings. The maximum atomic E-state index is 13.7. The second-order valence-corrected chi connectivity index (χ2v) is 38.9. The average Bonchev–Trinajstić information content (AvgIpc) is 0.717. The highest BCUT2D eigenvalue weighted by Crippen LogP contribution is 2.62. The first-order chi connectivity index (χ1) is 52.1. The third kappa shape index (κ3) is 25.6. The number of hydrogen-bond acceptors (Lipinski definition) is 16. The van der Waals surface area contributed by atoms with Gasteiger partial charge in [0, 0.05) is 11.8 Å². The van der Waals surface area contributed by atoms with Crippen molar-refractivity contribution in [2.24, 2.45) is 140 Å². The largest absolute Gasteiger partial charge is 0.438 e. The predicted octanol–water partition coefficient (Wildman–Crippen LogP) is 26.1. The molecular weight excluding hydrogens is 1590 g/mol. The van der Waals surface area contributed by atoms with Gasteiger partial charge in [-0.3, -0.25) is 24.0 Å². The van der Waals surface area contributed by atoms with Crippen LogP contribution in [0.1, 0.15) is 343 Å². The average molecular weight is 1760 g/mol. The molecule has 20 saturated carbocycles. The molecule has 0 radical (unpaired) electrons. The van der Waals surface area contributed by atoms with E-state index in [4.69, 9.17) is 47.4 Å². The van der Waals surface area contributed by atoms with E-state index in [9.17, 15) is 72.7 Å². The highest BCUT2D eigenvalue weighted by Gasteiger charge is 2.61. The molecule has 16 nitrogen and oxygen atoms in total. The Labute approximate surface area is 724 Å². The van der Waals surface area contributed by atoms with E-state index >= 15 is 0 Å². The van der Waals surface area contributed by atoms with Gasteiger partial charge in [-0.25, -0.2) is 9.18 Å². The van der Waals surface area contributed by atoms with Gasteiger partial charge < -0.3 is 47.4 Å². The molecule has 9 atom stereocenters. The van der Waals surface area contributed by atoms with Crippen LogP contribution < -0.4 is 0 Å². The van der Waals surface area contributed by atoms with E-state index in [1.54, 1.807) is 6.92 Å². The molecule has 20 bridgehead atoms. The number of halogens is 10. The Bertz CT molecular complexity index is 3000. The lowest BCUT2D eigenvalue weighted by molar-refractivity contribution is -0.242. The first-order valence-corrected chi connectivity index (χ1v) is 42.4. The Hall–Kier alpha value is -3.88. The summed E-state index contributed by atoms with van der Waals surface area (Å²) in [6, 6.07) is 0. The lowest BCUT2D eigenvalue weighted by Crippen LogP contribution is -2.55. The van der Waals surface area contributed by atoms with Gasteiger partial charge in [0.2, 0.25) is 5.67 Å². The van der Waals surface area contributed by atoms with Crippen LogP contribution >= 0.6 is 0 Å². The van der Waals surface area contributed by atoms with Crippen molar-refractivity contribution in [2.45, 2.75) is 392 Å². The van der Waals surface area contributed by atoms with Crippen molar-refractivity contribution in [2.75, 3.05) is 40.6 Å². The van der Waals surface area contributed by atoms with E-state index in [2.05, 4.69) is 0 Å². The molecule has 0 spiro atoms. The molecule has 20 rings (SSSR count). The monoisotopic (exact) mass is 1760 g/mol. The molecular formula is C95H168F10O16. The Morgan fingerprint density at radius 3 is 0.843 bits per heavy atom. The summed E-state index contributed by atoms with van der Waals surface area (Å²) >= 11 is 0. The van der Waals surface area contributed by atoms with Crippen LogP contribution in [-0.4, -0.2) is 125 Å². The Balaban J connectivity index is 0.000000742. The quantitative estimate of drug-likeness (QED) is 0.0261. The molecule has 0 N–H and O–H groups in total. The fourth-order valence-electron chi connectivity index (χ4n) is 24.3. The summed E-state index contributed by atoms with van der Waals surface area (Å²) in [6.07, 6.45) is 16.5. The number of hydrogen-bond donors (Lipinski definition) is 0. The van der Waals surface area contributed by atoms with Crippen LogP contribution in [0.5, 0.6) is 0 Å². The van der Waals surface area contributed by atoms with E-state index in [-0.39, 0.29) is 174 Å². The minimum atomic E-state index is -4.67. The topological polar surface area (TPSA) is 195 Å². The third-order valence-corrected chi connectivity index (χ3v) is 31.0. The van der Waals surface area contributed by atoms with Crippen molar-refractivity contribution in [1.82, 2.24) is 0 Å². The lowest BCUT2D eigenvalue weighted by atomic mass is 9.50. The molecule has 0 heterocycles. The van der Waals surface area contributed by atoms with Crippen molar-refractivity contribution in [1.29, 1.82) is 0 Å². The van der Waals surface area contributed by atoms with E-state index in [0.29, 0.717) is 42.3 Å². The summed E-state index contributed by atoms with van der Waals surface area (Å²) < 4.78 is 184. The molecule has 26 heteroatoms. The molecule has 0 amide bonds. The van der Waals surface area contributed by atoms with Gasteiger partial charge in [-0.1, -0.05) is 109 Å². The molecule has 714 valence electrons. The molecule has 0 aliphatic heterocycles. The minimum Gasteiger partial charge on any atom is -0.438 e. The van der Waals surface area contributed by atoms with E-state index < -0.39 is 82.9 Å². The van der Waals surface area contributed by atoms with Gasteiger partial charge in [-0.05, 0) is 340 Å². The van der Waals surface area contributed by atoms with Crippen molar-refractivity contribution in [3.8, 4) is 0 Å². The third-order valence-electron chi connectivity index (χ3n) is 31.0. The molecule has 20 aliphatic carbocycles.